The Morgan fingerprint density at radius 3 is 2.26 bits per heavy atom. The van der Waals surface area contributed by atoms with Crippen LogP contribution in [0.2, 0.25) is 0 Å². The molecule has 0 amide bonds. The second kappa shape index (κ2) is 7.01. The maximum Gasteiger partial charge on any atom is 0.160 e. The average Bonchev–Trinajstić information content (AvgIpc) is 2.67. The monoisotopic (exact) mass is 282 g/mol. The van der Waals surface area contributed by atoms with Crippen LogP contribution in [0.3, 0.4) is 0 Å². The summed E-state index contributed by atoms with van der Waals surface area (Å²) in [6, 6.07) is 1.73. The Kier molecular flexibility index (Phi) is 5.61. The van der Waals surface area contributed by atoms with E-state index in [1.165, 1.54) is 50.1 Å². The van der Waals surface area contributed by atoms with E-state index in [1.54, 1.807) is 0 Å². The molecule has 1 heterocycles. The molecule has 0 aromatic rings. The zero-order valence-corrected chi connectivity index (χ0v) is 13.9. The molecular weight excluding hydrogens is 252 g/mol. The Hall–Kier alpha value is -0.180. The lowest BCUT2D eigenvalue weighted by atomic mass is 10.0. The van der Waals surface area contributed by atoms with Crippen LogP contribution in [0.15, 0.2) is 4.99 Å². The molecule has 1 saturated carbocycles. The van der Waals surface area contributed by atoms with Crippen molar-refractivity contribution in [2.24, 2.45) is 4.99 Å². The van der Waals surface area contributed by atoms with Crippen molar-refractivity contribution in [3.8, 4) is 0 Å². The molecule has 0 spiro atoms. The number of hydrogen-bond acceptors (Lipinski definition) is 2. The summed E-state index contributed by atoms with van der Waals surface area (Å²) in [6.07, 6.45) is 9.87. The Bertz CT molecular complexity index is 312. The number of fused-ring (bicyclic) bond motifs is 1. The first-order chi connectivity index (χ1) is 9.09. The smallest absolute Gasteiger partial charge is 0.160 e. The van der Waals surface area contributed by atoms with Crippen LogP contribution in [0.25, 0.3) is 0 Å². The zero-order valence-electron chi connectivity index (χ0n) is 13.1. The van der Waals surface area contributed by atoms with Gasteiger partial charge in [0.2, 0.25) is 0 Å². The van der Waals surface area contributed by atoms with Crippen molar-refractivity contribution in [3.05, 3.63) is 0 Å². The van der Waals surface area contributed by atoms with Crippen molar-refractivity contribution in [2.75, 3.05) is 0 Å². The first-order valence-corrected chi connectivity index (χ1v) is 9.00. The zero-order chi connectivity index (χ0) is 13.8. The molecule has 3 heteroatoms. The highest BCUT2D eigenvalue weighted by atomic mass is 32.2. The van der Waals surface area contributed by atoms with E-state index in [-0.39, 0.29) is 0 Å². The van der Waals surface area contributed by atoms with Gasteiger partial charge in [0.1, 0.15) is 0 Å². The molecule has 0 aromatic heterocycles. The van der Waals surface area contributed by atoms with Crippen molar-refractivity contribution in [1.82, 2.24) is 4.90 Å². The molecule has 0 N–H and O–H groups in total. The number of nitrogens with zero attached hydrogens (tertiary/aromatic N) is 2. The second-order valence-electron chi connectivity index (χ2n) is 6.58. The lowest BCUT2D eigenvalue weighted by Crippen LogP contribution is -2.41. The minimum absolute atomic E-state index is 0.413. The topological polar surface area (TPSA) is 15.6 Å². The summed E-state index contributed by atoms with van der Waals surface area (Å²) in [5.74, 6) is 0. The second-order valence-corrected chi connectivity index (χ2v) is 7.78. The molecule has 1 aliphatic carbocycles. The average molecular weight is 282 g/mol. The first-order valence-electron chi connectivity index (χ1n) is 8.12. The van der Waals surface area contributed by atoms with Gasteiger partial charge in [-0.2, -0.15) is 0 Å². The number of thioether (sulfide) groups is 1. The SMILES string of the molecule is CC(C)/N=C1\SC2CCCCCCCC2N1C(C)C. The fraction of sp³-hybridized carbons (Fsp3) is 0.938. The van der Waals surface area contributed by atoms with E-state index < -0.39 is 0 Å². The van der Waals surface area contributed by atoms with Crippen LogP contribution < -0.4 is 0 Å². The summed E-state index contributed by atoms with van der Waals surface area (Å²) >= 11 is 2.07. The van der Waals surface area contributed by atoms with Gasteiger partial charge in [-0.3, -0.25) is 4.99 Å². The molecule has 0 bridgehead atoms. The normalized spacial score (nSPS) is 31.5. The summed E-state index contributed by atoms with van der Waals surface area (Å²) in [6.45, 7) is 9.03. The van der Waals surface area contributed by atoms with Crippen LogP contribution in [0, 0.1) is 0 Å². The van der Waals surface area contributed by atoms with Gasteiger partial charge in [0, 0.05) is 23.4 Å². The maximum absolute atomic E-state index is 4.89. The standard InChI is InChI=1S/C16H30N2S/c1-12(2)17-16-18(13(3)4)14-10-8-6-5-7-9-11-15(14)19-16/h12-15H,5-11H2,1-4H3/b17-16-. The highest BCUT2D eigenvalue weighted by Crippen LogP contribution is 2.39. The molecule has 19 heavy (non-hydrogen) atoms. The van der Waals surface area contributed by atoms with Gasteiger partial charge in [0.25, 0.3) is 0 Å². The van der Waals surface area contributed by atoms with E-state index in [4.69, 9.17) is 4.99 Å². The lowest BCUT2D eigenvalue weighted by Gasteiger charge is -2.32. The lowest BCUT2D eigenvalue weighted by molar-refractivity contribution is 0.250. The fourth-order valence-electron chi connectivity index (χ4n) is 3.32. The van der Waals surface area contributed by atoms with E-state index in [0.29, 0.717) is 12.1 Å². The molecule has 2 rings (SSSR count). The van der Waals surface area contributed by atoms with Gasteiger partial charge in [0.05, 0.1) is 0 Å². The van der Waals surface area contributed by atoms with Crippen LogP contribution in [0.4, 0.5) is 0 Å². The van der Waals surface area contributed by atoms with Gasteiger partial charge in [-0.1, -0.05) is 43.9 Å². The van der Waals surface area contributed by atoms with E-state index in [9.17, 15) is 0 Å². The quantitative estimate of drug-likeness (QED) is 0.730. The largest absolute Gasteiger partial charge is 0.345 e. The molecule has 110 valence electrons. The molecule has 2 atom stereocenters. The third-order valence-electron chi connectivity index (χ3n) is 4.18. The highest BCUT2D eigenvalue weighted by molar-refractivity contribution is 8.14. The highest BCUT2D eigenvalue weighted by Gasteiger charge is 2.39. The van der Waals surface area contributed by atoms with E-state index >= 15 is 0 Å². The van der Waals surface area contributed by atoms with Crippen LogP contribution >= 0.6 is 11.8 Å². The van der Waals surface area contributed by atoms with Crippen molar-refractivity contribution in [2.45, 2.75) is 96.0 Å². The Morgan fingerprint density at radius 2 is 1.63 bits per heavy atom. The number of amidine groups is 1. The molecule has 1 saturated heterocycles. The summed E-state index contributed by atoms with van der Waals surface area (Å²) in [4.78, 5) is 7.52. The minimum Gasteiger partial charge on any atom is -0.345 e. The van der Waals surface area contributed by atoms with Crippen molar-refractivity contribution in [3.63, 3.8) is 0 Å². The van der Waals surface area contributed by atoms with Crippen LogP contribution in [-0.2, 0) is 0 Å². The Balaban J connectivity index is 2.17. The van der Waals surface area contributed by atoms with Crippen LogP contribution in [0.1, 0.15) is 72.6 Å². The molecule has 2 nitrogen and oxygen atoms in total. The van der Waals surface area contributed by atoms with Crippen LogP contribution in [0.5, 0.6) is 0 Å². The third-order valence-corrected chi connectivity index (χ3v) is 5.56. The predicted molar refractivity (Wildman–Crippen MR) is 87.0 cm³/mol. The predicted octanol–water partition coefficient (Wildman–Crippen LogP) is 4.69. The summed E-state index contributed by atoms with van der Waals surface area (Å²) < 4.78 is 0. The van der Waals surface area contributed by atoms with Crippen molar-refractivity contribution < 1.29 is 0 Å². The maximum atomic E-state index is 4.89. The van der Waals surface area contributed by atoms with E-state index in [2.05, 4.69) is 44.4 Å². The van der Waals surface area contributed by atoms with Gasteiger partial charge in [-0.15, -0.1) is 0 Å². The summed E-state index contributed by atoms with van der Waals surface area (Å²) in [5.41, 5.74) is 0. The van der Waals surface area contributed by atoms with E-state index in [1.807, 2.05) is 0 Å². The van der Waals surface area contributed by atoms with E-state index in [0.717, 1.165) is 11.3 Å². The first kappa shape index (κ1) is 15.2. The third kappa shape index (κ3) is 3.90. The minimum atomic E-state index is 0.413. The molecule has 2 aliphatic rings. The summed E-state index contributed by atoms with van der Waals surface area (Å²) in [5, 5.41) is 2.11. The van der Waals surface area contributed by atoms with Gasteiger partial charge in [0.15, 0.2) is 5.17 Å². The fourth-order valence-corrected chi connectivity index (χ4v) is 5.04. The molecule has 1 aliphatic heterocycles. The van der Waals surface area contributed by atoms with Gasteiger partial charge in [-0.05, 0) is 40.5 Å². The molecule has 0 radical (unpaired) electrons. The molecule has 2 unspecified atom stereocenters. The Labute approximate surface area is 123 Å². The van der Waals surface area contributed by atoms with Gasteiger partial charge < -0.3 is 4.90 Å². The summed E-state index contributed by atoms with van der Waals surface area (Å²) in [7, 11) is 0. The molecule has 0 aromatic carbocycles. The Morgan fingerprint density at radius 1 is 1.00 bits per heavy atom. The van der Waals surface area contributed by atoms with Crippen molar-refractivity contribution >= 4 is 16.9 Å². The number of aliphatic imine (C=N–C) groups is 1. The van der Waals surface area contributed by atoms with Gasteiger partial charge in [-0.25, -0.2) is 0 Å². The van der Waals surface area contributed by atoms with Crippen LogP contribution in [-0.4, -0.2) is 33.4 Å². The number of rotatable bonds is 2. The molecular formula is C16H30N2S. The number of hydrogen-bond donors (Lipinski definition) is 0. The van der Waals surface area contributed by atoms with Gasteiger partial charge >= 0.3 is 0 Å². The molecule has 2 fully saturated rings. The van der Waals surface area contributed by atoms with Crippen molar-refractivity contribution in [1.29, 1.82) is 0 Å².